The molecule has 1 fully saturated rings. The summed E-state index contributed by atoms with van der Waals surface area (Å²) < 4.78 is 7.31. The van der Waals surface area contributed by atoms with Gasteiger partial charge in [-0.05, 0) is 53.0 Å². The lowest BCUT2D eigenvalue weighted by Gasteiger charge is -2.36. The number of ether oxygens (including phenoxy) is 1. The number of thiazole rings is 1. The molecule has 4 rings (SSSR count). The van der Waals surface area contributed by atoms with Crippen LogP contribution >= 0.6 is 27.3 Å². The van der Waals surface area contributed by atoms with E-state index < -0.39 is 0 Å². The molecule has 0 radical (unpaired) electrons. The molecule has 1 aliphatic heterocycles. The summed E-state index contributed by atoms with van der Waals surface area (Å²) in [6, 6.07) is 8.50. The molecule has 1 aromatic carbocycles. The molecule has 8 heteroatoms. The minimum Gasteiger partial charge on any atom is -0.497 e. The second-order valence-electron chi connectivity index (χ2n) is 6.90. The van der Waals surface area contributed by atoms with Crippen molar-refractivity contribution in [1.29, 1.82) is 0 Å². The second-order valence-corrected chi connectivity index (χ2v) is 8.57. The number of hydrogen-bond acceptors (Lipinski definition) is 6. The van der Waals surface area contributed by atoms with Crippen molar-refractivity contribution in [2.45, 2.75) is 18.4 Å². The lowest BCUT2D eigenvalue weighted by Crippen LogP contribution is -2.43. The molecule has 142 valence electrons. The van der Waals surface area contributed by atoms with Gasteiger partial charge in [-0.25, -0.2) is 4.98 Å². The maximum Gasteiger partial charge on any atom is 0.275 e. The van der Waals surface area contributed by atoms with E-state index in [1.54, 1.807) is 17.7 Å². The van der Waals surface area contributed by atoms with Crippen molar-refractivity contribution in [3.05, 3.63) is 56.2 Å². The van der Waals surface area contributed by atoms with Gasteiger partial charge in [0.1, 0.15) is 16.0 Å². The molecule has 2 aromatic heterocycles. The zero-order valence-electron chi connectivity index (χ0n) is 15.2. The maximum absolute atomic E-state index is 12.5. The predicted octanol–water partition coefficient (Wildman–Crippen LogP) is 3.43. The van der Waals surface area contributed by atoms with Crippen molar-refractivity contribution in [2.24, 2.45) is 0 Å². The topological polar surface area (TPSA) is 58.9 Å². The number of likely N-dealkylation sites (tertiary alicyclic amines) is 1. The van der Waals surface area contributed by atoms with Crippen LogP contribution < -0.4 is 15.6 Å². The largest absolute Gasteiger partial charge is 0.497 e. The molecule has 0 aliphatic carbocycles. The Balaban J connectivity index is 1.56. The van der Waals surface area contributed by atoms with Gasteiger partial charge in [-0.1, -0.05) is 12.1 Å². The summed E-state index contributed by atoms with van der Waals surface area (Å²) in [4.78, 5) is 20.1. The number of aromatic nitrogens is 2. The van der Waals surface area contributed by atoms with Gasteiger partial charge in [-0.3, -0.25) is 9.20 Å². The van der Waals surface area contributed by atoms with Gasteiger partial charge in [0, 0.05) is 30.7 Å². The van der Waals surface area contributed by atoms with Crippen LogP contribution in [0.15, 0.2) is 45.1 Å². The number of halogens is 1. The first-order valence-electron chi connectivity index (χ1n) is 8.79. The first-order valence-corrected chi connectivity index (χ1v) is 10.5. The first-order chi connectivity index (χ1) is 13.0. The average molecular weight is 449 g/mol. The Hall–Kier alpha value is -1.90. The van der Waals surface area contributed by atoms with Crippen LogP contribution in [0.3, 0.4) is 0 Å². The van der Waals surface area contributed by atoms with Crippen molar-refractivity contribution in [2.75, 3.05) is 32.6 Å². The van der Waals surface area contributed by atoms with E-state index in [2.05, 4.69) is 50.3 Å². The lowest BCUT2D eigenvalue weighted by molar-refractivity contribution is 0.235. The minimum absolute atomic E-state index is 0.0837. The van der Waals surface area contributed by atoms with Crippen LogP contribution in [0.1, 0.15) is 17.9 Å². The number of nitrogens with zero attached hydrogens (tertiary/aromatic N) is 3. The fourth-order valence-corrected chi connectivity index (χ4v) is 4.79. The molecule has 3 heterocycles. The fraction of sp³-hybridized carbons (Fsp3) is 0.368. The number of fused-ring (bicyclic) bond motifs is 1. The van der Waals surface area contributed by atoms with Gasteiger partial charge in [0.2, 0.25) is 0 Å². The number of anilines is 1. The Morgan fingerprint density at radius 1 is 1.30 bits per heavy atom. The summed E-state index contributed by atoms with van der Waals surface area (Å²) in [5.41, 5.74) is 1.22. The van der Waals surface area contributed by atoms with Crippen LogP contribution in [-0.4, -0.2) is 47.6 Å². The molecule has 1 N–H and O–H groups in total. The van der Waals surface area contributed by atoms with E-state index in [1.165, 1.54) is 16.9 Å². The molecule has 27 heavy (non-hydrogen) atoms. The number of piperidine rings is 1. The molecule has 2 atom stereocenters. The minimum atomic E-state index is -0.0837. The van der Waals surface area contributed by atoms with Gasteiger partial charge in [0.05, 0.1) is 7.11 Å². The quantitative estimate of drug-likeness (QED) is 0.662. The Morgan fingerprint density at radius 2 is 2.07 bits per heavy atom. The molecule has 0 saturated carbocycles. The molecule has 0 unspecified atom stereocenters. The molecular formula is C19H21BrN4O2S. The third-order valence-electron chi connectivity index (χ3n) is 4.97. The van der Waals surface area contributed by atoms with Gasteiger partial charge in [0.15, 0.2) is 4.96 Å². The van der Waals surface area contributed by atoms with Crippen molar-refractivity contribution >= 4 is 38.0 Å². The monoisotopic (exact) mass is 448 g/mol. The van der Waals surface area contributed by atoms with Crippen LogP contribution in [0, 0.1) is 0 Å². The van der Waals surface area contributed by atoms with E-state index in [9.17, 15) is 4.79 Å². The summed E-state index contributed by atoms with van der Waals surface area (Å²) in [6.07, 6.45) is 2.73. The van der Waals surface area contributed by atoms with E-state index in [4.69, 9.17) is 4.74 Å². The summed E-state index contributed by atoms with van der Waals surface area (Å²) in [5, 5.41) is 5.36. The van der Waals surface area contributed by atoms with Crippen LogP contribution in [-0.2, 0) is 0 Å². The SMILES string of the molecule is COc1ccc([C@H]2C[C@@H](Nc3nc4sccn4c(=O)c3Br)CN(C)C2)cc1. The van der Waals surface area contributed by atoms with E-state index >= 15 is 0 Å². The molecule has 1 saturated heterocycles. The number of nitrogens with one attached hydrogen (secondary N) is 1. The zero-order chi connectivity index (χ0) is 19.0. The second kappa shape index (κ2) is 7.61. The van der Waals surface area contributed by atoms with Gasteiger partial charge < -0.3 is 15.0 Å². The van der Waals surface area contributed by atoms with E-state index in [0.717, 1.165) is 25.3 Å². The molecule has 3 aromatic rings. The number of hydrogen-bond donors (Lipinski definition) is 1. The van der Waals surface area contributed by atoms with Gasteiger partial charge in [-0.15, -0.1) is 11.3 Å². The van der Waals surface area contributed by atoms with Crippen LogP contribution in [0.4, 0.5) is 5.82 Å². The Bertz CT molecular complexity index is 1000. The van der Waals surface area contributed by atoms with Crippen molar-refractivity contribution in [3.8, 4) is 5.75 Å². The highest BCUT2D eigenvalue weighted by molar-refractivity contribution is 9.10. The predicted molar refractivity (Wildman–Crippen MR) is 112 cm³/mol. The zero-order valence-corrected chi connectivity index (χ0v) is 17.6. The Kier molecular flexibility index (Phi) is 5.21. The lowest BCUT2D eigenvalue weighted by atomic mass is 9.88. The Morgan fingerprint density at radius 3 is 2.81 bits per heavy atom. The number of benzene rings is 1. The Labute approximate surface area is 169 Å². The van der Waals surface area contributed by atoms with E-state index in [0.29, 0.717) is 21.2 Å². The smallest absolute Gasteiger partial charge is 0.275 e. The van der Waals surface area contributed by atoms with Crippen LogP contribution in [0.25, 0.3) is 4.96 Å². The summed E-state index contributed by atoms with van der Waals surface area (Å²) in [6.45, 7) is 1.91. The van der Waals surface area contributed by atoms with Crippen LogP contribution in [0.5, 0.6) is 5.75 Å². The number of rotatable bonds is 4. The van der Waals surface area contributed by atoms with Crippen molar-refractivity contribution < 1.29 is 4.74 Å². The third-order valence-corrected chi connectivity index (χ3v) is 6.44. The van der Waals surface area contributed by atoms with E-state index in [1.807, 2.05) is 17.5 Å². The first kappa shape index (κ1) is 18.5. The number of methoxy groups -OCH3 is 1. The third kappa shape index (κ3) is 3.74. The fourth-order valence-electron chi connectivity index (χ4n) is 3.69. The summed E-state index contributed by atoms with van der Waals surface area (Å²) in [5.74, 6) is 1.91. The highest BCUT2D eigenvalue weighted by atomic mass is 79.9. The van der Waals surface area contributed by atoms with Gasteiger partial charge >= 0.3 is 0 Å². The molecule has 0 spiro atoms. The van der Waals surface area contributed by atoms with Gasteiger partial charge in [0.25, 0.3) is 5.56 Å². The normalized spacial score (nSPS) is 20.7. The van der Waals surface area contributed by atoms with Crippen molar-refractivity contribution in [3.63, 3.8) is 0 Å². The van der Waals surface area contributed by atoms with Crippen LogP contribution in [0.2, 0.25) is 0 Å². The maximum atomic E-state index is 12.5. The standard InChI is InChI=1S/C19H21BrN4O2S/c1-23-10-13(12-3-5-15(26-2)6-4-12)9-14(11-23)21-17-16(20)18(25)24-7-8-27-19(24)22-17/h3-8,13-14,21H,9-11H2,1-2H3/t13-,14+/m0/s1. The molecule has 0 amide bonds. The molecule has 1 aliphatic rings. The van der Waals surface area contributed by atoms with E-state index in [-0.39, 0.29) is 11.6 Å². The summed E-state index contributed by atoms with van der Waals surface area (Å²) in [7, 11) is 3.81. The molecular weight excluding hydrogens is 428 g/mol. The highest BCUT2D eigenvalue weighted by Crippen LogP contribution is 2.30. The average Bonchev–Trinajstić information content (AvgIpc) is 3.14. The van der Waals surface area contributed by atoms with Crippen molar-refractivity contribution in [1.82, 2.24) is 14.3 Å². The van der Waals surface area contributed by atoms with Gasteiger partial charge in [-0.2, -0.15) is 0 Å². The molecule has 0 bridgehead atoms. The summed E-state index contributed by atoms with van der Waals surface area (Å²) >= 11 is 4.88. The number of likely N-dealkylation sites (N-methyl/N-ethyl adjacent to an activating group) is 1. The molecule has 6 nitrogen and oxygen atoms in total. The highest BCUT2D eigenvalue weighted by Gasteiger charge is 2.27.